The molecule has 1 fully saturated rings. The molecule has 1 aliphatic heterocycles. The number of rotatable bonds is 3. The van der Waals surface area contributed by atoms with Crippen molar-refractivity contribution in [1.29, 1.82) is 0 Å². The number of amides is 2. The first kappa shape index (κ1) is 18.0. The topological polar surface area (TPSA) is 63.6 Å². The van der Waals surface area contributed by atoms with Gasteiger partial charge >= 0.3 is 6.09 Å². The van der Waals surface area contributed by atoms with Gasteiger partial charge in [0.25, 0.3) is 5.91 Å². The van der Waals surface area contributed by atoms with Crippen LogP contribution in [0.25, 0.3) is 17.0 Å². The van der Waals surface area contributed by atoms with Crippen LogP contribution in [0.5, 0.6) is 0 Å². The molecule has 26 heavy (non-hydrogen) atoms. The summed E-state index contributed by atoms with van der Waals surface area (Å²) in [5.41, 5.74) is 2.04. The molecule has 0 spiro atoms. The predicted octanol–water partition coefficient (Wildman–Crippen LogP) is 3.17. The number of fused-ring (bicyclic) bond motifs is 1. The highest BCUT2D eigenvalue weighted by Crippen LogP contribution is 2.24. The first-order valence-corrected chi connectivity index (χ1v) is 8.69. The Hall–Kier alpha value is -2.76. The van der Waals surface area contributed by atoms with Gasteiger partial charge in [-0.15, -0.1) is 0 Å². The van der Waals surface area contributed by atoms with Gasteiger partial charge in [-0.25, -0.2) is 4.79 Å². The van der Waals surface area contributed by atoms with Gasteiger partial charge in [-0.05, 0) is 32.4 Å². The molecule has 0 bridgehead atoms. The molecule has 138 valence electrons. The number of nitrogens with one attached hydrogen (secondary N) is 1. The lowest BCUT2D eigenvalue weighted by Gasteiger charge is -2.39. The Morgan fingerprint density at radius 1 is 1.31 bits per heavy atom. The molecular weight excluding hydrogens is 330 g/mol. The first-order valence-electron chi connectivity index (χ1n) is 8.69. The highest BCUT2D eigenvalue weighted by molar-refractivity contribution is 6.00. The highest BCUT2D eigenvalue weighted by atomic mass is 16.6. The Labute approximate surface area is 153 Å². The lowest BCUT2D eigenvalue weighted by molar-refractivity contribution is 0.00529. The average molecular weight is 355 g/mol. The van der Waals surface area contributed by atoms with Crippen molar-refractivity contribution < 1.29 is 14.3 Å². The molecule has 0 radical (unpaired) electrons. The monoisotopic (exact) mass is 355 g/mol. The van der Waals surface area contributed by atoms with E-state index in [1.807, 2.05) is 56.7 Å². The molecule has 2 aromatic rings. The second-order valence-electron chi connectivity index (χ2n) is 7.63. The van der Waals surface area contributed by atoms with Crippen molar-refractivity contribution in [1.82, 2.24) is 14.8 Å². The number of nitrogens with zero attached hydrogens (tertiary/aromatic N) is 2. The number of benzene rings is 1. The van der Waals surface area contributed by atoms with Gasteiger partial charge in [-0.1, -0.05) is 30.9 Å². The molecule has 0 unspecified atom stereocenters. The van der Waals surface area contributed by atoms with Crippen molar-refractivity contribution in [2.75, 3.05) is 13.1 Å². The summed E-state index contributed by atoms with van der Waals surface area (Å²) in [6.07, 6.45) is 1.44. The summed E-state index contributed by atoms with van der Waals surface area (Å²) in [6.45, 7) is 10.3. The highest BCUT2D eigenvalue weighted by Gasteiger charge is 2.35. The number of likely N-dealkylation sites (tertiary alicyclic amines) is 1. The van der Waals surface area contributed by atoms with Crippen LogP contribution in [-0.4, -0.2) is 46.2 Å². The maximum absolute atomic E-state index is 12.7. The van der Waals surface area contributed by atoms with E-state index in [1.165, 1.54) is 0 Å². The Bertz CT molecular complexity index is 870. The summed E-state index contributed by atoms with van der Waals surface area (Å²) in [6, 6.07) is 7.72. The summed E-state index contributed by atoms with van der Waals surface area (Å²) in [7, 11) is 1.87. The smallest absolute Gasteiger partial charge is 0.410 e. The molecule has 6 nitrogen and oxygen atoms in total. The fourth-order valence-corrected chi connectivity index (χ4v) is 3.14. The van der Waals surface area contributed by atoms with E-state index >= 15 is 0 Å². The van der Waals surface area contributed by atoms with E-state index in [4.69, 9.17) is 4.74 Å². The third-order valence-corrected chi connectivity index (χ3v) is 4.41. The molecular formula is C20H25N3O3. The van der Waals surface area contributed by atoms with Crippen molar-refractivity contribution >= 4 is 29.0 Å². The lowest BCUT2D eigenvalue weighted by Crippen LogP contribution is -2.61. The Balaban J connectivity index is 1.65. The molecule has 1 N–H and O–H groups in total. The van der Waals surface area contributed by atoms with Gasteiger partial charge < -0.3 is 19.5 Å². The second kappa shape index (κ2) is 6.52. The van der Waals surface area contributed by atoms with Gasteiger partial charge in [0, 0.05) is 25.5 Å². The van der Waals surface area contributed by atoms with Crippen LogP contribution in [0.15, 0.2) is 30.8 Å². The Kier molecular flexibility index (Phi) is 4.52. The number of hydrogen-bond donors (Lipinski definition) is 1. The van der Waals surface area contributed by atoms with Gasteiger partial charge in [-0.2, -0.15) is 0 Å². The molecule has 0 saturated carbocycles. The van der Waals surface area contributed by atoms with Gasteiger partial charge in [0.2, 0.25) is 0 Å². The fraction of sp³-hybridized carbons (Fsp3) is 0.400. The van der Waals surface area contributed by atoms with Crippen LogP contribution in [0.3, 0.4) is 0 Å². The third kappa shape index (κ3) is 3.45. The van der Waals surface area contributed by atoms with Crippen molar-refractivity contribution in [2.24, 2.45) is 7.05 Å². The van der Waals surface area contributed by atoms with Crippen LogP contribution in [0.4, 0.5) is 4.79 Å². The Morgan fingerprint density at radius 3 is 2.62 bits per heavy atom. The number of para-hydroxylation sites is 1. The molecule has 6 heteroatoms. The first-order chi connectivity index (χ1) is 12.2. The van der Waals surface area contributed by atoms with Crippen molar-refractivity contribution in [3.05, 3.63) is 42.1 Å². The summed E-state index contributed by atoms with van der Waals surface area (Å²) in [4.78, 5) is 26.2. The molecule has 1 aromatic carbocycles. The molecule has 2 heterocycles. The van der Waals surface area contributed by atoms with Gasteiger partial charge in [0.1, 0.15) is 11.3 Å². The van der Waals surface area contributed by atoms with Crippen LogP contribution < -0.4 is 5.32 Å². The van der Waals surface area contributed by atoms with Crippen molar-refractivity contribution in [3.8, 4) is 0 Å². The van der Waals surface area contributed by atoms with Crippen LogP contribution in [0.1, 0.15) is 36.8 Å². The van der Waals surface area contributed by atoms with E-state index in [0.717, 1.165) is 16.5 Å². The molecule has 0 aliphatic carbocycles. The molecule has 1 aliphatic rings. The molecule has 0 atom stereocenters. The SMILES string of the molecule is C=Cc1cccc2cc(C(=O)NC3CN(C(=O)OC(C)(C)C)C3)n(C)c12. The maximum atomic E-state index is 12.7. The summed E-state index contributed by atoms with van der Waals surface area (Å²) in [5.74, 6) is -0.146. The average Bonchev–Trinajstić information content (AvgIpc) is 2.85. The quantitative estimate of drug-likeness (QED) is 0.920. The zero-order valence-corrected chi connectivity index (χ0v) is 15.7. The van der Waals surface area contributed by atoms with Gasteiger partial charge in [0.05, 0.1) is 11.6 Å². The normalized spacial score (nSPS) is 14.8. The maximum Gasteiger partial charge on any atom is 0.410 e. The van der Waals surface area contributed by atoms with E-state index < -0.39 is 5.60 Å². The zero-order valence-electron chi connectivity index (χ0n) is 15.7. The van der Waals surface area contributed by atoms with Crippen LogP contribution in [0.2, 0.25) is 0 Å². The summed E-state index contributed by atoms with van der Waals surface area (Å²) in [5, 5.41) is 3.98. The number of carbonyl (C=O) groups is 2. The van der Waals surface area contributed by atoms with Crippen LogP contribution in [-0.2, 0) is 11.8 Å². The second-order valence-corrected chi connectivity index (χ2v) is 7.63. The van der Waals surface area contributed by atoms with Crippen LogP contribution >= 0.6 is 0 Å². The van der Waals surface area contributed by atoms with Crippen molar-refractivity contribution in [2.45, 2.75) is 32.4 Å². The van der Waals surface area contributed by atoms with Crippen molar-refractivity contribution in [3.63, 3.8) is 0 Å². The molecule has 3 rings (SSSR count). The van der Waals surface area contributed by atoms with E-state index in [1.54, 1.807) is 11.0 Å². The number of carbonyl (C=O) groups excluding carboxylic acids is 2. The van der Waals surface area contributed by atoms with Crippen LogP contribution in [0, 0.1) is 0 Å². The summed E-state index contributed by atoms with van der Waals surface area (Å²) < 4.78 is 7.21. The third-order valence-electron chi connectivity index (χ3n) is 4.41. The fourth-order valence-electron chi connectivity index (χ4n) is 3.14. The van der Waals surface area contributed by atoms with Gasteiger partial charge in [-0.3, -0.25) is 4.79 Å². The number of ether oxygens (including phenoxy) is 1. The predicted molar refractivity (Wildman–Crippen MR) is 102 cm³/mol. The summed E-state index contributed by atoms with van der Waals surface area (Å²) >= 11 is 0. The molecule has 2 amide bonds. The molecule has 1 aromatic heterocycles. The minimum atomic E-state index is -0.516. The lowest BCUT2D eigenvalue weighted by atomic mass is 10.1. The van der Waals surface area contributed by atoms with E-state index in [0.29, 0.717) is 18.8 Å². The zero-order chi connectivity index (χ0) is 19.1. The number of aromatic nitrogens is 1. The molecule has 1 saturated heterocycles. The van der Waals surface area contributed by atoms with E-state index in [2.05, 4.69) is 11.9 Å². The standard InChI is InChI=1S/C20H25N3O3/c1-6-13-8-7-9-14-10-16(22(5)17(13)14)18(24)21-15-11-23(12-15)19(25)26-20(2,3)4/h6-10,15H,1,11-12H2,2-5H3,(H,21,24). The van der Waals surface area contributed by atoms with E-state index in [9.17, 15) is 9.59 Å². The minimum absolute atomic E-state index is 0.0631. The number of aryl methyl sites for hydroxylation is 1. The van der Waals surface area contributed by atoms with Gasteiger partial charge in [0.15, 0.2) is 0 Å². The largest absolute Gasteiger partial charge is 0.444 e. The minimum Gasteiger partial charge on any atom is -0.444 e. The van der Waals surface area contributed by atoms with E-state index in [-0.39, 0.29) is 18.0 Å². The number of hydrogen-bond acceptors (Lipinski definition) is 3. The Morgan fingerprint density at radius 2 is 2.00 bits per heavy atom.